The van der Waals surface area contributed by atoms with E-state index in [-0.39, 0.29) is 11.8 Å². The molecule has 3 unspecified atom stereocenters. The van der Waals surface area contributed by atoms with Crippen molar-refractivity contribution in [2.45, 2.75) is 45.4 Å². The molecule has 4 rings (SSSR count). The number of carbonyl (C=O) groups is 1. The van der Waals surface area contributed by atoms with E-state index in [1.165, 1.54) is 16.7 Å². The van der Waals surface area contributed by atoms with E-state index >= 15 is 0 Å². The second-order valence-corrected chi connectivity index (χ2v) is 9.17. The third-order valence-corrected chi connectivity index (χ3v) is 6.35. The molecule has 0 aromatic heterocycles. The van der Waals surface area contributed by atoms with Crippen molar-refractivity contribution in [3.05, 3.63) is 95.1 Å². The molecule has 1 aliphatic rings. The lowest BCUT2D eigenvalue weighted by Gasteiger charge is -2.28. The Labute approximate surface area is 202 Å². The van der Waals surface area contributed by atoms with Crippen LogP contribution in [0.1, 0.15) is 35.2 Å². The minimum Gasteiger partial charge on any atom is -0.377 e. The summed E-state index contributed by atoms with van der Waals surface area (Å²) in [5.41, 5.74) is 6.68. The molecule has 1 aliphatic heterocycles. The molecule has 5 heteroatoms. The molecular weight excluding hydrogens is 422 g/mol. The Hall–Kier alpha value is -3.15. The average molecular weight is 458 g/mol. The van der Waals surface area contributed by atoms with Crippen molar-refractivity contribution in [3.63, 3.8) is 0 Å². The highest BCUT2D eigenvalue weighted by molar-refractivity contribution is 5.92. The van der Waals surface area contributed by atoms with E-state index in [2.05, 4.69) is 91.3 Å². The fourth-order valence-corrected chi connectivity index (χ4v) is 4.25. The van der Waals surface area contributed by atoms with Crippen LogP contribution < -0.4 is 16.0 Å². The number of para-hydroxylation sites is 2. The Morgan fingerprint density at radius 1 is 0.941 bits per heavy atom. The van der Waals surface area contributed by atoms with E-state index in [9.17, 15) is 4.79 Å². The molecule has 1 heterocycles. The van der Waals surface area contributed by atoms with Crippen molar-refractivity contribution in [2.75, 3.05) is 30.3 Å². The number of anilines is 2. The Morgan fingerprint density at radius 3 is 2.18 bits per heavy atom. The van der Waals surface area contributed by atoms with Crippen LogP contribution in [0.15, 0.2) is 72.8 Å². The summed E-state index contributed by atoms with van der Waals surface area (Å²) in [6.45, 7) is 8.21. The molecule has 5 nitrogen and oxygen atoms in total. The van der Waals surface area contributed by atoms with E-state index in [1.807, 2.05) is 18.2 Å². The summed E-state index contributed by atoms with van der Waals surface area (Å²) in [6.07, 6.45) is 0.157. The van der Waals surface area contributed by atoms with Crippen LogP contribution in [0.4, 0.5) is 11.4 Å². The monoisotopic (exact) mass is 457 g/mol. The number of rotatable bonds is 9. The van der Waals surface area contributed by atoms with Crippen molar-refractivity contribution in [1.29, 1.82) is 0 Å². The lowest BCUT2D eigenvalue weighted by atomic mass is 9.97. The SMILES string of the molecule is Cc1ccc(CC(Nc2ccccc2NC(C)c2ccc(C)cc2)C(=O)C2CNCCO2)cc1. The van der Waals surface area contributed by atoms with Crippen molar-refractivity contribution < 1.29 is 9.53 Å². The van der Waals surface area contributed by atoms with Gasteiger partial charge in [0, 0.05) is 19.1 Å². The number of ketones is 1. The van der Waals surface area contributed by atoms with Gasteiger partial charge in [-0.2, -0.15) is 0 Å². The quantitative estimate of drug-likeness (QED) is 0.419. The number of ether oxygens (including phenoxy) is 1. The Bertz CT molecular complexity index is 1070. The normalized spacial score (nSPS) is 17.6. The van der Waals surface area contributed by atoms with Gasteiger partial charge in [-0.25, -0.2) is 0 Å². The molecule has 178 valence electrons. The van der Waals surface area contributed by atoms with Gasteiger partial charge in [-0.3, -0.25) is 4.79 Å². The number of benzene rings is 3. The molecular formula is C29H35N3O2. The molecule has 3 atom stereocenters. The van der Waals surface area contributed by atoms with Crippen LogP contribution in [0.3, 0.4) is 0 Å². The molecule has 3 aromatic carbocycles. The first-order valence-corrected chi connectivity index (χ1v) is 12.1. The first-order valence-electron chi connectivity index (χ1n) is 12.1. The number of hydrogen-bond donors (Lipinski definition) is 3. The van der Waals surface area contributed by atoms with E-state index in [0.29, 0.717) is 19.6 Å². The molecule has 0 amide bonds. The van der Waals surface area contributed by atoms with Gasteiger partial charge in [0.25, 0.3) is 0 Å². The number of hydrogen-bond acceptors (Lipinski definition) is 5. The molecule has 0 radical (unpaired) electrons. The summed E-state index contributed by atoms with van der Waals surface area (Å²) in [5, 5.41) is 10.5. The molecule has 1 fully saturated rings. The van der Waals surface area contributed by atoms with Gasteiger partial charge in [-0.1, -0.05) is 71.8 Å². The highest BCUT2D eigenvalue weighted by Crippen LogP contribution is 2.28. The molecule has 0 spiro atoms. The molecule has 1 saturated heterocycles. The highest BCUT2D eigenvalue weighted by atomic mass is 16.5. The van der Waals surface area contributed by atoms with Gasteiger partial charge in [-0.15, -0.1) is 0 Å². The first kappa shape index (κ1) is 24.0. The predicted molar refractivity (Wildman–Crippen MR) is 140 cm³/mol. The van der Waals surface area contributed by atoms with Gasteiger partial charge in [0.1, 0.15) is 6.10 Å². The molecule has 0 bridgehead atoms. The zero-order valence-corrected chi connectivity index (χ0v) is 20.3. The van der Waals surface area contributed by atoms with Crippen LogP contribution in [0, 0.1) is 13.8 Å². The zero-order valence-electron chi connectivity index (χ0n) is 20.3. The second kappa shape index (κ2) is 11.3. The van der Waals surface area contributed by atoms with E-state index < -0.39 is 12.1 Å². The summed E-state index contributed by atoms with van der Waals surface area (Å²) in [7, 11) is 0. The Morgan fingerprint density at radius 2 is 1.56 bits per heavy atom. The maximum atomic E-state index is 13.5. The van der Waals surface area contributed by atoms with Gasteiger partial charge >= 0.3 is 0 Å². The number of aryl methyl sites for hydroxylation is 2. The Balaban J connectivity index is 1.55. The maximum absolute atomic E-state index is 13.5. The fraction of sp³-hybridized carbons (Fsp3) is 0.345. The summed E-state index contributed by atoms with van der Waals surface area (Å²) >= 11 is 0. The standard InChI is InChI=1S/C29H35N3O2/c1-20-8-12-23(13-9-20)18-27(29(33)28-19-30-16-17-34-28)32-26-7-5-4-6-25(26)31-22(3)24-14-10-21(2)11-15-24/h4-15,22,27-28,30-32H,16-19H2,1-3H3. The van der Waals surface area contributed by atoms with Crippen LogP contribution in [-0.2, 0) is 16.0 Å². The third kappa shape index (κ3) is 6.25. The smallest absolute Gasteiger partial charge is 0.185 e. The maximum Gasteiger partial charge on any atom is 0.185 e. The lowest BCUT2D eigenvalue weighted by molar-refractivity contribution is -0.132. The lowest BCUT2D eigenvalue weighted by Crippen LogP contribution is -2.49. The number of carbonyl (C=O) groups excluding carboxylic acids is 1. The largest absolute Gasteiger partial charge is 0.377 e. The number of nitrogens with one attached hydrogen (secondary N) is 3. The van der Waals surface area contributed by atoms with Gasteiger partial charge in [-0.05, 0) is 50.5 Å². The second-order valence-electron chi connectivity index (χ2n) is 9.17. The average Bonchev–Trinajstić information content (AvgIpc) is 2.86. The number of Topliss-reactive ketones (excluding diaryl/α,β-unsaturated/α-hetero) is 1. The summed E-state index contributed by atoms with van der Waals surface area (Å²) in [5.74, 6) is 0.0779. The molecule has 0 aliphatic carbocycles. The minimum absolute atomic E-state index is 0.0779. The van der Waals surface area contributed by atoms with Crippen molar-refractivity contribution >= 4 is 17.2 Å². The van der Waals surface area contributed by atoms with Gasteiger partial charge < -0.3 is 20.7 Å². The topological polar surface area (TPSA) is 62.4 Å². The van der Waals surface area contributed by atoms with Crippen LogP contribution in [0.25, 0.3) is 0 Å². The van der Waals surface area contributed by atoms with Gasteiger partial charge in [0.2, 0.25) is 0 Å². The first-order chi connectivity index (χ1) is 16.5. The van der Waals surface area contributed by atoms with Crippen molar-refractivity contribution in [2.24, 2.45) is 0 Å². The summed E-state index contributed by atoms with van der Waals surface area (Å²) < 4.78 is 5.81. The molecule has 0 saturated carbocycles. The van der Waals surface area contributed by atoms with Crippen molar-refractivity contribution in [1.82, 2.24) is 5.32 Å². The van der Waals surface area contributed by atoms with Gasteiger partial charge in [0.15, 0.2) is 5.78 Å². The fourth-order valence-electron chi connectivity index (χ4n) is 4.25. The van der Waals surface area contributed by atoms with E-state index in [0.717, 1.165) is 23.5 Å². The highest BCUT2D eigenvalue weighted by Gasteiger charge is 2.30. The Kier molecular flexibility index (Phi) is 7.99. The van der Waals surface area contributed by atoms with Crippen LogP contribution >= 0.6 is 0 Å². The third-order valence-electron chi connectivity index (χ3n) is 6.35. The summed E-state index contributed by atoms with van der Waals surface area (Å²) in [4.78, 5) is 13.5. The van der Waals surface area contributed by atoms with E-state index in [1.54, 1.807) is 0 Å². The number of morpholine rings is 1. The minimum atomic E-state index is -0.441. The van der Waals surface area contributed by atoms with Crippen LogP contribution in [0.2, 0.25) is 0 Å². The predicted octanol–water partition coefficient (Wildman–Crippen LogP) is 5.06. The van der Waals surface area contributed by atoms with Crippen LogP contribution in [0.5, 0.6) is 0 Å². The molecule has 3 N–H and O–H groups in total. The molecule has 34 heavy (non-hydrogen) atoms. The van der Waals surface area contributed by atoms with E-state index in [4.69, 9.17) is 4.74 Å². The molecule has 3 aromatic rings. The van der Waals surface area contributed by atoms with Crippen LogP contribution in [-0.4, -0.2) is 37.6 Å². The summed E-state index contributed by atoms with van der Waals surface area (Å²) in [6, 6.07) is 24.8. The zero-order chi connectivity index (χ0) is 23.9. The van der Waals surface area contributed by atoms with Crippen molar-refractivity contribution in [3.8, 4) is 0 Å². The van der Waals surface area contributed by atoms with Gasteiger partial charge in [0.05, 0.1) is 24.0 Å².